The van der Waals surface area contributed by atoms with Crippen LogP contribution in [-0.2, 0) is 4.79 Å². The summed E-state index contributed by atoms with van der Waals surface area (Å²) < 4.78 is 12.1. The fraction of sp³-hybridized carbons (Fsp3) is 0.308. The summed E-state index contributed by atoms with van der Waals surface area (Å²) in [6, 6.07) is 21.5. The fourth-order valence-corrected chi connectivity index (χ4v) is 3.83. The number of para-hydroxylation sites is 1. The standard InChI is InChI=1S/C26H29N3O3/c1-3-27-26(30)19(2)20-9-11-23(12-10-20)31-24-14-16-29(18-24)21-13-15-28-25(17-21)32-22-7-5-4-6-8-22/h4-13,15,17,19,24H,3,14,16,18H2,1-2H3,(H,27,30). The second kappa shape index (κ2) is 10.2. The Morgan fingerprint density at radius 3 is 2.66 bits per heavy atom. The molecule has 1 N–H and O–H groups in total. The maximum Gasteiger partial charge on any atom is 0.227 e. The molecule has 0 bridgehead atoms. The van der Waals surface area contributed by atoms with E-state index in [1.807, 2.05) is 80.6 Å². The van der Waals surface area contributed by atoms with Crippen LogP contribution in [0.1, 0.15) is 31.7 Å². The molecule has 1 amide bonds. The van der Waals surface area contributed by atoms with E-state index in [-0.39, 0.29) is 17.9 Å². The van der Waals surface area contributed by atoms with Crippen LogP contribution in [-0.4, -0.2) is 36.6 Å². The van der Waals surface area contributed by atoms with Gasteiger partial charge in [0, 0.05) is 37.5 Å². The molecule has 2 aromatic carbocycles. The lowest BCUT2D eigenvalue weighted by molar-refractivity contribution is -0.122. The molecule has 32 heavy (non-hydrogen) atoms. The molecule has 1 fully saturated rings. The monoisotopic (exact) mass is 431 g/mol. The van der Waals surface area contributed by atoms with Crippen molar-refractivity contribution in [3.8, 4) is 17.4 Å². The van der Waals surface area contributed by atoms with Gasteiger partial charge in [0.05, 0.1) is 12.5 Å². The van der Waals surface area contributed by atoms with Crippen LogP contribution in [0.4, 0.5) is 5.69 Å². The molecule has 0 radical (unpaired) electrons. The number of hydrogen-bond donors (Lipinski definition) is 1. The van der Waals surface area contributed by atoms with Gasteiger partial charge >= 0.3 is 0 Å². The Labute approximate surface area is 189 Å². The van der Waals surface area contributed by atoms with Crippen molar-refractivity contribution >= 4 is 11.6 Å². The highest BCUT2D eigenvalue weighted by molar-refractivity contribution is 5.83. The molecule has 2 heterocycles. The number of hydrogen-bond acceptors (Lipinski definition) is 5. The number of amides is 1. The summed E-state index contributed by atoms with van der Waals surface area (Å²) in [4.78, 5) is 18.7. The number of carbonyl (C=O) groups is 1. The van der Waals surface area contributed by atoms with Gasteiger partial charge in [0.2, 0.25) is 11.8 Å². The van der Waals surface area contributed by atoms with E-state index in [2.05, 4.69) is 15.2 Å². The summed E-state index contributed by atoms with van der Waals surface area (Å²) in [5.41, 5.74) is 2.06. The Morgan fingerprint density at radius 2 is 1.91 bits per heavy atom. The molecule has 2 atom stereocenters. The first-order valence-corrected chi connectivity index (χ1v) is 11.1. The predicted octanol–water partition coefficient (Wildman–Crippen LogP) is 4.77. The molecule has 6 nitrogen and oxygen atoms in total. The molecule has 2 unspecified atom stereocenters. The molecule has 0 saturated carbocycles. The Hall–Kier alpha value is -3.54. The van der Waals surface area contributed by atoms with Crippen LogP contribution in [0.15, 0.2) is 72.9 Å². The molecule has 1 aliphatic heterocycles. The quantitative estimate of drug-likeness (QED) is 0.557. The van der Waals surface area contributed by atoms with Crippen molar-refractivity contribution in [3.05, 3.63) is 78.5 Å². The number of ether oxygens (including phenoxy) is 2. The lowest BCUT2D eigenvalue weighted by Gasteiger charge is -2.20. The first kappa shape index (κ1) is 21.7. The van der Waals surface area contributed by atoms with Gasteiger partial charge in [-0.3, -0.25) is 4.79 Å². The molecule has 1 aromatic heterocycles. The number of nitrogens with one attached hydrogen (secondary N) is 1. The Bertz CT molecular complexity index is 1020. The second-order valence-corrected chi connectivity index (χ2v) is 7.93. The lowest BCUT2D eigenvalue weighted by Crippen LogP contribution is -2.27. The number of aromatic nitrogens is 1. The zero-order chi connectivity index (χ0) is 22.3. The predicted molar refractivity (Wildman–Crippen MR) is 126 cm³/mol. The van der Waals surface area contributed by atoms with Crippen LogP contribution in [0, 0.1) is 0 Å². The highest BCUT2D eigenvalue weighted by Crippen LogP contribution is 2.28. The Balaban J connectivity index is 1.34. The molecule has 1 aliphatic rings. The van der Waals surface area contributed by atoms with Gasteiger partial charge in [0.15, 0.2) is 0 Å². The van der Waals surface area contributed by atoms with Crippen molar-refractivity contribution < 1.29 is 14.3 Å². The first-order chi connectivity index (χ1) is 15.6. The topological polar surface area (TPSA) is 63.7 Å². The molecular formula is C26H29N3O3. The van der Waals surface area contributed by atoms with E-state index in [9.17, 15) is 4.79 Å². The van der Waals surface area contributed by atoms with E-state index in [1.54, 1.807) is 6.20 Å². The third-order valence-corrected chi connectivity index (χ3v) is 5.62. The van der Waals surface area contributed by atoms with E-state index in [0.717, 1.165) is 42.3 Å². The minimum Gasteiger partial charge on any atom is -0.489 e. The van der Waals surface area contributed by atoms with Crippen molar-refractivity contribution in [2.75, 3.05) is 24.5 Å². The number of carbonyl (C=O) groups excluding carboxylic acids is 1. The third kappa shape index (κ3) is 5.38. The van der Waals surface area contributed by atoms with Gasteiger partial charge in [0.25, 0.3) is 0 Å². The summed E-state index contributed by atoms with van der Waals surface area (Å²) in [6.07, 6.45) is 2.82. The van der Waals surface area contributed by atoms with E-state index >= 15 is 0 Å². The molecule has 6 heteroatoms. The number of benzene rings is 2. The Morgan fingerprint density at radius 1 is 1.12 bits per heavy atom. The number of anilines is 1. The van der Waals surface area contributed by atoms with Crippen molar-refractivity contribution in [3.63, 3.8) is 0 Å². The zero-order valence-corrected chi connectivity index (χ0v) is 18.5. The first-order valence-electron chi connectivity index (χ1n) is 11.1. The van der Waals surface area contributed by atoms with Crippen LogP contribution >= 0.6 is 0 Å². The van der Waals surface area contributed by atoms with Crippen LogP contribution in [0.2, 0.25) is 0 Å². The third-order valence-electron chi connectivity index (χ3n) is 5.62. The molecule has 4 rings (SSSR count). The van der Waals surface area contributed by atoms with Gasteiger partial charge in [-0.05, 0) is 49.7 Å². The van der Waals surface area contributed by atoms with Crippen molar-refractivity contribution in [1.82, 2.24) is 10.3 Å². The van der Waals surface area contributed by atoms with Crippen LogP contribution in [0.5, 0.6) is 17.4 Å². The molecule has 1 saturated heterocycles. The van der Waals surface area contributed by atoms with Crippen LogP contribution in [0.3, 0.4) is 0 Å². The van der Waals surface area contributed by atoms with Crippen molar-refractivity contribution in [1.29, 1.82) is 0 Å². The number of rotatable bonds is 8. The van der Waals surface area contributed by atoms with E-state index in [4.69, 9.17) is 9.47 Å². The van der Waals surface area contributed by atoms with E-state index < -0.39 is 0 Å². The summed E-state index contributed by atoms with van der Waals surface area (Å²) in [6.45, 7) is 6.19. The van der Waals surface area contributed by atoms with E-state index in [1.165, 1.54) is 0 Å². The largest absolute Gasteiger partial charge is 0.489 e. The SMILES string of the molecule is CCNC(=O)C(C)c1ccc(OC2CCN(c3ccnc(Oc4ccccc4)c3)C2)cc1. The fourth-order valence-electron chi connectivity index (χ4n) is 3.83. The van der Waals surface area contributed by atoms with Gasteiger partial charge in [-0.2, -0.15) is 0 Å². The Kier molecular flexibility index (Phi) is 6.90. The average molecular weight is 432 g/mol. The smallest absolute Gasteiger partial charge is 0.227 e. The van der Waals surface area contributed by atoms with Crippen molar-refractivity contribution in [2.45, 2.75) is 32.3 Å². The van der Waals surface area contributed by atoms with E-state index in [0.29, 0.717) is 12.4 Å². The molecule has 3 aromatic rings. The maximum atomic E-state index is 12.0. The molecule has 166 valence electrons. The number of nitrogens with zero attached hydrogens (tertiary/aromatic N) is 2. The summed E-state index contributed by atoms with van der Waals surface area (Å²) in [5, 5.41) is 2.87. The average Bonchev–Trinajstić information content (AvgIpc) is 3.29. The highest BCUT2D eigenvalue weighted by atomic mass is 16.5. The van der Waals surface area contributed by atoms with Crippen molar-refractivity contribution in [2.24, 2.45) is 0 Å². The zero-order valence-electron chi connectivity index (χ0n) is 18.5. The molecule has 0 aliphatic carbocycles. The maximum absolute atomic E-state index is 12.0. The molecular weight excluding hydrogens is 402 g/mol. The number of pyridine rings is 1. The summed E-state index contributed by atoms with van der Waals surface area (Å²) in [5.74, 6) is 2.04. The van der Waals surface area contributed by atoms with Crippen LogP contribution < -0.4 is 19.7 Å². The van der Waals surface area contributed by atoms with Crippen LogP contribution in [0.25, 0.3) is 0 Å². The minimum absolute atomic E-state index is 0.0422. The highest BCUT2D eigenvalue weighted by Gasteiger charge is 2.25. The second-order valence-electron chi connectivity index (χ2n) is 7.93. The van der Waals surface area contributed by atoms with Gasteiger partial charge in [-0.25, -0.2) is 4.98 Å². The van der Waals surface area contributed by atoms with Gasteiger partial charge in [0.1, 0.15) is 17.6 Å². The normalized spacial score (nSPS) is 16.4. The molecule has 0 spiro atoms. The van der Waals surface area contributed by atoms with Gasteiger partial charge in [-0.15, -0.1) is 0 Å². The minimum atomic E-state index is -0.176. The summed E-state index contributed by atoms with van der Waals surface area (Å²) >= 11 is 0. The van der Waals surface area contributed by atoms with Gasteiger partial charge in [-0.1, -0.05) is 30.3 Å². The number of likely N-dealkylation sites (N-methyl/N-ethyl adjacent to an activating group) is 1. The van der Waals surface area contributed by atoms with Gasteiger partial charge < -0.3 is 19.7 Å². The summed E-state index contributed by atoms with van der Waals surface area (Å²) in [7, 11) is 0. The lowest BCUT2D eigenvalue weighted by atomic mass is 10.0.